The number of benzene rings is 1. The van der Waals surface area contributed by atoms with Gasteiger partial charge in [0.1, 0.15) is 0 Å². The van der Waals surface area contributed by atoms with E-state index in [2.05, 4.69) is 0 Å². The lowest BCUT2D eigenvalue weighted by atomic mass is 10.0. The van der Waals surface area contributed by atoms with E-state index in [1.165, 1.54) is 12.1 Å². The van der Waals surface area contributed by atoms with Gasteiger partial charge in [0.05, 0.1) is 10.6 Å². The van der Waals surface area contributed by atoms with E-state index in [0.29, 0.717) is 0 Å². The van der Waals surface area contributed by atoms with Gasteiger partial charge in [-0.05, 0) is 12.1 Å². The summed E-state index contributed by atoms with van der Waals surface area (Å²) in [6, 6.07) is 4.44. The Morgan fingerprint density at radius 2 is 2.08 bits per heavy atom. The van der Waals surface area contributed by atoms with Gasteiger partial charge in [-0.25, -0.2) is 4.39 Å². The Hall–Kier alpha value is -0.890. The van der Waals surface area contributed by atoms with Crippen molar-refractivity contribution in [2.24, 2.45) is 5.92 Å². The van der Waals surface area contributed by atoms with E-state index in [0.717, 1.165) is 0 Å². The minimum absolute atomic E-state index is 0.00787. The Kier molecular flexibility index (Phi) is 3.04. The van der Waals surface area contributed by atoms with Crippen LogP contribution in [0.25, 0.3) is 0 Å². The zero-order valence-electron chi connectivity index (χ0n) is 7.47. The second-order valence-electron chi connectivity index (χ2n) is 3.12. The van der Waals surface area contributed by atoms with Crippen molar-refractivity contribution in [3.05, 3.63) is 34.6 Å². The first-order valence-electron chi connectivity index (χ1n) is 4.02. The molecule has 0 aromatic heterocycles. The summed E-state index contributed by atoms with van der Waals surface area (Å²) in [7, 11) is 0. The molecule has 0 heterocycles. The standard InChI is InChI=1S/C10H10ClFO/c1-6(2)10(13)7-4-3-5-8(11)9(7)12/h3-6H,1-2H3. The molecule has 70 valence electrons. The molecule has 13 heavy (non-hydrogen) atoms. The molecule has 0 aliphatic heterocycles. The molecule has 0 bridgehead atoms. The van der Waals surface area contributed by atoms with Gasteiger partial charge in [-0.1, -0.05) is 31.5 Å². The molecule has 1 aromatic carbocycles. The maximum Gasteiger partial charge on any atom is 0.168 e. The van der Waals surface area contributed by atoms with Gasteiger partial charge >= 0.3 is 0 Å². The van der Waals surface area contributed by atoms with Crippen LogP contribution in [0, 0.1) is 11.7 Å². The molecule has 1 rings (SSSR count). The third-order valence-corrected chi connectivity index (χ3v) is 2.03. The zero-order chi connectivity index (χ0) is 10.0. The van der Waals surface area contributed by atoms with Gasteiger partial charge in [0.2, 0.25) is 0 Å². The van der Waals surface area contributed by atoms with Gasteiger partial charge in [-0.15, -0.1) is 0 Å². The molecule has 0 radical (unpaired) electrons. The predicted octanol–water partition coefficient (Wildman–Crippen LogP) is 3.32. The highest BCUT2D eigenvalue weighted by Gasteiger charge is 2.16. The Balaban J connectivity index is 3.15. The van der Waals surface area contributed by atoms with Crippen LogP contribution in [0.4, 0.5) is 4.39 Å². The molecular formula is C10H10ClFO. The SMILES string of the molecule is CC(C)C(=O)c1cccc(Cl)c1F. The van der Waals surface area contributed by atoms with Crippen molar-refractivity contribution < 1.29 is 9.18 Å². The van der Waals surface area contributed by atoms with E-state index >= 15 is 0 Å². The highest BCUT2D eigenvalue weighted by atomic mass is 35.5. The number of hydrogen-bond donors (Lipinski definition) is 0. The number of halogens is 2. The molecule has 0 N–H and O–H groups in total. The second-order valence-corrected chi connectivity index (χ2v) is 3.53. The maximum atomic E-state index is 13.3. The molecule has 0 spiro atoms. The van der Waals surface area contributed by atoms with Crippen molar-refractivity contribution in [3.63, 3.8) is 0 Å². The Morgan fingerprint density at radius 1 is 1.46 bits per heavy atom. The molecule has 0 aliphatic rings. The van der Waals surface area contributed by atoms with Gasteiger partial charge in [-0.3, -0.25) is 4.79 Å². The summed E-state index contributed by atoms with van der Waals surface area (Å²) in [4.78, 5) is 11.4. The predicted molar refractivity (Wildman–Crippen MR) is 50.6 cm³/mol. The van der Waals surface area contributed by atoms with Crippen LogP contribution in [0.15, 0.2) is 18.2 Å². The van der Waals surface area contributed by atoms with Crippen LogP contribution in [0.5, 0.6) is 0 Å². The molecule has 0 amide bonds. The number of rotatable bonds is 2. The summed E-state index contributed by atoms with van der Waals surface area (Å²) in [5.74, 6) is -1.06. The van der Waals surface area contributed by atoms with Crippen molar-refractivity contribution in [2.75, 3.05) is 0 Å². The Labute approximate surface area is 81.5 Å². The van der Waals surface area contributed by atoms with E-state index in [9.17, 15) is 9.18 Å². The molecule has 0 aliphatic carbocycles. The lowest BCUT2D eigenvalue weighted by Crippen LogP contribution is -2.09. The van der Waals surface area contributed by atoms with Crippen LogP contribution in [0.3, 0.4) is 0 Å². The van der Waals surface area contributed by atoms with E-state index < -0.39 is 5.82 Å². The van der Waals surface area contributed by atoms with E-state index in [1.54, 1.807) is 19.9 Å². The van der Waals surface area contributed by atoms with Crippen molar-refractivity contribution in [1.82, 2.24) is 0 Å². The number of Topliss-reactive ketones (excluding diaryl/α,β-unsaturated/α-hetero) is 1. The highest BCUT2D eigenvalue weighted by molar-refractivity contribution is 6.31. The van der Waals surface area contributed by atoms with Gasteiger partial charge < -0.3 is 0 Å². The van der Waals surface area contributed by atoms with Crippen LogP contribution in [-0.2, 0) is 0 Å². The van der Waals surface area contributed by atoms with Crippen molar-refractivity contribution in [3.8, 4) is 0 Å². The first-order valence-corrected chi connectivity index (χ1v) is 4.40. The smallest absolute Gasteiger partial charge is 0.168 e. The van der Waals surface area contributed by atoms with Crippen LogP contribution < -0.4 is 0 Å². The Morgan fingerprint density at radius 3 is 2.62 bits per heavy atom. The van der Waals surface area contributed by atoms with Crippen LogP contribution in [0.2, 0.25) is 5.02 Å². The first kappa shape index (κ1) is 10.2. The minimum atomic E-state index is -0.622. The lowest BCUT2D eigenvalue weighted by molar-refractivity contribution is 0.0935. The van der Waals surface area contributed by atoms with E-state index in [-0.39, 0.29) is 22.3 Å². The van der Waals surface area contributed by atoms with Crippen LogP contribution in [-0.4, -0.2) is 5.78 Å². The number of hydrogen-bond acceptors (Lipinski definition) is 1. The van der Waals surface area contributed by atoms with Gasteiger partial charge in [0.15, 0.2) is 11.6 Å². The summed E-state index contributed by atoms with van der Waals surface area (Å²) in [6.45, 7) is 3.45. The summed E-state index contributed by atoms with van der Waals surface area (Å²) in [5.41, 5.74) is 0.0718. The summed E-state index contributed by atoms with van der Waals surface area (Å²) in [5, 5.41) is -0.00787. The normalized spacial score (nSPS) is 10.5. The average Bonchev–Trinajstić information content (AvgIpc) is 2.08. The molecule has 0 saturated carbocycles. The van der Waals surface area contributed by atoms with Crippen molar-refractivity contribution in [2.45, 2.75) is 13.8 Å². The fraction of sp³-hybridized carbons (Fsp3) is 0.300. The third kappa shape index (κ3) is 2.07. The quantitative estimate of drug-likeness (QED) is 0.670. The van der Waals surface area contributed by atoms with Gasteiger partial charge in [-0.2, -0.15) is 0 Å². The average molecular weight is 201 g/mol. The van der Waals surface area contributed by atoms with E-state index in [4.69, 9.17) is 11.6 Å². The fourth-order valence-electron chi connectivity index (χ4n) is 1.01. The highest BCUT2D eigenvalue weighted by Crippen LogP contribution is 2.20. The first-order chi connectivity index (χ1) is 6.04. The molecule has 0 atom stereocenters. The molecule has 3 heteroatoms. The fourth-order valence-corrected chi connectivity index (χ4v) is 1.18. The second kappa shape index (κ2) is 3.88. The monoisotopic (exact) mass is 200 g/mol. The van der Waals surface area contributed by atoms with Crippen LogP contribution >= 0.6 is 11.6 Å². The minimum Gasteiger partial charge on any atom is -0.294 e. The summed E-state index contributed by atoms with van der Waals surface area (Å²) < 4.78 is 13.3. The van der Waals surface area contributed by atoms with Crippen LogP contribution in [0.1, 0.15) is 24.2 Å². The van der Waals surface area contributed by atoms with E-state index in [1.807, 2.05) is 0 Å². The molecule has 0 unspecified atom stereocenters. The molecular weight excluding hydrogens is 191 g/mol. The summed E-state index contributed by atoms with van der Waals surface area (Å²) in [6.07, 6.45) is 0. The number of carbonyl (C=O) groups excluding carboxylic acids is 1. The number of carbonyl (C=O) groups is 1. The lowest BCUT2D eigenvalue weighted by Gasteiger charge is -2.05. The molecule has 1 aromatic rings. The summed E-state index contributed by atoms with van der Waals surface area (Å²) >= 11 is 5.54. The topological polar surface area (TPSA) is 17.1 Å². The van der Waals surface area contributed by atoms with Gasteiger partial charge in [0.25, 0.3) is 0 Å². The third-order valence-electron chi connectivity index (χ3n) is 1.74. The maximum absolute atomic E-state index is 13.3. The Bertz CT molecular complexity index is 334. The van der Waals surface area contributed by atoms with Crippen molar-refractivity contribution >= 4 is 17.4 Å². The van der Waals surface area contributed by atoms with Gasteiger partial charge in [0, 0.05) is 5.92 Å². The zero-order valence-corrected chi connectivity index (χ0v) is 8.23. The number of ketones is 1. The van der Waals surface area contributed by atoms with Crippen molar-refractivity contribution in [1.29, 1.82) is 0 Å². The largest absolute Gasteiger partial charge is 0.294 e. The molecule has 1 nitrogen and oxygen atoms in total. The molecule has 0 saturated heterocycles. The molecule has 0 fully saturated rings.